The highest BCUT2D eigenvalue weighted by atomic mass is 35.5. The van der Waals surface area contributed by atoms with E-state index in [2.05, 4.69) is 5.32 Å². The largest absolute Gasteiger partial charge is 0.324 e. The first-order chi connectivity index (χ1) is 14.0. The van der Waals surface area contributed by atoms with E-state index < -0.39 is 0 Å². The first-order valence-corrected chi connectivity index (χ1v) is 9.88. The number of anilines is 2. The molecule has 0 fully saturated rings. The highest BCUT2D eigenvalue weighted by Gasteiger charge is 2.19. The maximum absolute atomic E-state index is 13.0. The predicted molar refractivity (Wildman–Crippen MR) is 120 cm³/mol. The summed E-state index contributed by atoms with van der Waals surface area (Å²) in [6.45, 7) is 2.72. The summed E-state index contributed by atoms with van der Waals surface area (Å²) >= 11 is 6.08. The maximum Gasteiger partial charge on any atom is 0.241 e. The average molecular weight is 410 g/mol. The van der Waals surface area contributed by atoms with Gasteiger partial charge in [0.2, 0.25) is 11.8 Å². The summed E-state index contributed by atoms with van der Waals surface area (Å²) < 4.78 is 0. The van der Waals surface area contributed by atoms with E-state index in [0.29, 0.717) is 17.3 Å². The zero-order chi connectivity index (χ0) is 20.8. The fourth-order valence-corrected chi connectivity index (χ4v) is 3.48. The van der Waals surface area contributed by atoms with Gasteiger partial charge >= 0.3 is 0 Å². The fourth-order valence-electron chi connectivity index (χ4n) is 3.29. The molecule has 0 saturated heterocycles. The molecule has 3 rings (SSSR count). The molecule has 0 unspecified atom stereocenters. The molecule has 0 aliphatic rings. The highest BCUT2D eigenvalue weighted by Crippen LogP contribution is 2.27. The van der Waals surface area contributed by atoms with Crippen LogP contribution in [0.2, 0.25) is 5.02 Å². The molecular weight excluding hydrogens is 386 g/mol. The van der Waals surface area contributed by atoms with Crippen molar-refractivity contribution in [3.05, 3.63) is 71.8 Å². The second-order valence-corrected chi connectivity index (χ2v) is 7.24. The Morgan fingerprint density at radius 1 is 0.931 bits per heavy atom. The first-order valence-electron chi connectivity index (χ1n) is 9.50. The molecule has 0 spiro atoms. The number of halogens is 1. The van der Waals surface area contributed by atoms with Crippen molar-refractivity contribution in [2.45, 2.75) is 6.92 Å². The van der Waals surface area contributed by atoms with Gasteiger partial charge in [0, 0.05) is 11.9 Å². The Morgan fingerprint density at radius 2 is 1.62 bits per heavy atom. The summed E-state index contributed by atoms with van der Waals surface area (Å²) in [6, 6.07) is 21.0. The number of nitrogens with one attached hydrogen (secondary N) is 1. The van der Waals surface area contributed by atoms with E-state index >= 15 is 0 Å². The summed E-state index contributed by atoms with van der Waals surface area (Å²) in [7, 11) is 1.75. The van der Waals surface area contributed by atoms with Crippen molar-refractivity contribution in [1.29, 1.82) is 0 Å². The molecule has 0 heterocycles. The lowest BCUT2D eigenvalue weighted by Crippen LogP contribution is -2.41. The van der Waals surface area contributed by atoms with Gasteiger partial charge in [0.05, 0.1) is 29.5 Å². The van der Waals surface area contributed by atoms with Crippen molar-refractivity contribution in [2.24, 2.45) is 0 Å². The summed E-state index contributed by atoms with van der Waals surface area (Å²) in [5.41, 5.74) is 1.44. The maximum atomic E-state index is 13.0. The van der Waals surface area contributed by atoms with Crippen LogP contribution < -0.4 is 10.2 Å². The molecule has 3 aromatic rings. The van der Waals surface area contributed by atoms with Crippen LogP contribution in [0.4, 0.5) is 11.4 Å². The van der Waals surface area contributed by atoms with Crippen LogP contribution in [0.3, 0.4) is 0 Å². The predicted octanol–water partition coefficient (Wildman–Crippen LogP) is 4.42. The molecule has 6 heteroatoms. The molecule has 0 aromatic heterocycles. The number of fused-ring (bicyclic) bond motifs is 1. The monoisotopic (exact) mass is 409 g/mol. The SMILES string of the molecule is CCN(C(=O)CN(C)CC(=O)Nc1ccccc1Cl)c1cccc2ccccc12. The smallest absolute Gasteiger partial charge is 0.241 e. The fraction of sp³-hybridized carbons (Fsp3) is 0.217. The molecule has 150 valence electrons. The summed E-state index contributed by atoms with van der Waals surface area (Å²) in [4.78, 5) is 28.7. The molecule has 29 heavy (non-hydrogen) atoms. The number of carbonyl (C=O) groups is 2. The van der Waals surface area contributed by atoms with Crippen LogP contribution in [0.15, 0.2) is 66.7 Å². The Balaban J connectivity index is 1.66. The summed E-state index contributed by atoms with van der Waals surface area (Å²) in [5, 5.41) is 5.37. The Labute approximate surface area is 175 Å². The molecule has 0 aliphatic carbocycles. The number of benzene rings is 3. The van der Waals surface area contributed by atoms with Gasteiger partial charge in [0.25, 0.3) is 0 Å². The zero-order valence-electron chi connectivity index (χ0n) is 16.6. The van der Waals surface area contributed by atoms with Gasteiger partial charge in [-0.15, -0.1) is 0 Å². The second-order valence-electron chi connectivity index (χ2n) is 6.84. The Morgan fingerprint density at radius 3 is 2.38 bits per heavy atom. The molecule has 0 aliphatic heterocycles. The molecule has 0 saturated carbocycles. The van der Waals surface area contributed by atoms with Crippen molar-refractivity contribution in [3.8, 4) is 0 Å². The highest BCUT2D eigenvalue weighted by molar-refractivity contribution is 6.33. The minimum Gasteiger partial charge on any atom is -0.324 e. The van der Waals surface area contributed by atoms with Gasteiger partial charge in [-0.25, -0.2) is 0 Å². The van der Waals surface area contributed by atoms with E-state index in [0.717, 1.165) is 16.5 Å². The lowest BCUT2D eigenvalue weighted by molar-refractivity contribution is -0.120. The first kappa shape index (κ1) is 20.8. The van der Waals surface area contributed by atoms with Crippen molar-refractivity contribution >= 4 is 45.6 Å². The molecule has 5 nitrogen and oxygen atoms in total. The Kier molecular flexibility index (Phi) is 6.86. The molecule has 1 N–H and O–H groups in total. The average Bonchev–Trinajstić information content (AvgIpc) is 2.70. The summed E-state index contributed by atoms with van der Waals surface area (Å²) in [5.74, 6) is -0.279. The van der Waals surface area contributed by atoms with Crippen LogP contribution >= 0.6 is 11.6 Å². The normalized spacial score (nSPS) is 10.9. The van der Waals surface area contributed by atoms with E-state index in [1.807, 2.05) is 49.4 Å². The van der Waals surface area contributed by atoms with E-state index in [9.17, 15) is 9.59 Å². The molecule has 0 bridgehead atoms. The third kappa shape index (κ3) is 5.13. The molecule has 3 aromatic carbocycles. The van der Waals surface area contributed by atoms with Crippen molar-refractivity contribution in [1.82, 2.24) is 4.90 Å². The van der Waals surface area contributed by atoms with Crippen molar-refractivity contribution in [3.63, 3.8) is 0 Å². The van der Waals surface area contributed by atoms with Crippen LogP contribution in [0.25, 0.3) is 10.8 Å². The topological polar surface area (TPSA) is 52.7 Å². The van der Waals surface area contributed by atoms with Gasteiger partial charge in [-0.1, -0.05) is 60.1 Å². The molecule has 0 atom stereocenters. The number of hydrogen-bond donors (Lipinski definition) is 1. The van der Waals surface area contributed by atoms with Crippen molar-refractivity contribution in [2.75, 3.05) is 36.9 Å². The Hall–Kier alpha value is -2.89. The standard InChI is InChI=1S/C23H24ClN3O2/c1-3-27(21-14-8-10-17-9-4-5-11-18(17)21)23(29)16-26(2)15-22(28)25-20-13-7-6-12-19(20)24/h4-14H,3,15-16H2,1-2H3,(H,25,28). The van der Waals surface area contributed by atoms with Crippen LogP contribution in [0.5, 0.6) is 0 Å². The van der Waals surface area contributed by atoms with Gasteiger partial charge < -0.3 is 10.2 Å². The number of nitrogens with zero attached hydrogens (tertiary/aromatic N) is 2. The number of amides is 2. The second kappa shape index (κ2) is 9.54. The molecule has 0 radical (unpaired) electrons. The zero-order valence-corrected chi connectivity index (χ0v) is 17.3. The van der Waals surface area contributed by atoms with Gasteiger partial charge in [-0.3, -0.25) is 14.5 Å². The van der Waals surface area contributed by atoms with Gasteiger partial charge in [0.1, 0.15) is 0 Å². The van der Waals surface area contributed by atoms with Crippen LogP contribution in [0.1, 0.15) is 6.92 Å². The third-order valence-electron chi connectivity index (χ3n) is 4.64. The van der Waals surface area contributed by atoms with Gasteiger partial charge in [0.15, 0.2) is 0 Å². The third-order valence-corrected chi connectivity index (χ3v) is 4.97. The number of para-hydroxylation sites is 1. The number of hydrogen-bond acceptors (Lipinski definition) is 3. The summed E-state index contributed by atoms with van der Waals surface area (Å²) in [6.07, 6.45) is 0. The van der Waals surface area contributed by atoms with Crippen LogP contribution in [-0.2, 0) is 9.59 Å². The molecular formula is C23H24ClN3O2. The van der Waals surface area contributed by atoms with Crippen molar-refractivity contribution < 1.29 is 9.59 Å². The number of carbonyl (C=O) groups excluding carboxylic acids is 2. The Bertz CT molecular complexity index is 1020. The number of rotatable bonds is 7. The quantitative estimate of drug-likeness (QED) is 0.628. The minimum absolute atomic E-state index is 0.0584. The van der Waals surface area contributed by atoms with E-state index in [4.69, 9.17) is 11.6 Å². The van der Waals surface area contributed by atoms with Crippen LogP contribution in [0, 0.1) is 0 Å². The minimum atomic E-state index is -0.221. The molecule has 2 amide bonds. The van der Waals surface area contributed by atoms with Gasteiger partial charge in [-0.05, 0) is 37.6 Å². The number of likely N-dealkylation sites (N-methyl/N-ethyl adjacent to an activating group) is 2. The lowest BCUT2D eigenvalue weighted by atomic mass is 10.1. The van der Waals surface area contributed by atoms with E-state index in [1.165, 1.54) is 0 Å². The van der Waals surface area contributed by atoms with Crippen LogP contribution in [-0.4, -0.2) is 43.4 Å². The van der Waals surface area contributed by atoms with E-state index in [-0.39, 0.29) is 24.9 Å². The van der Waals surface area contributed by atoms with Gasteiger partial charge in [-0.2, -0.15) is 0 Å². The van der Waals surface area contributed by atoms with E-state index in [1.54, 1.807) is 41.1 Å². The lowest BCUT2D eigenvalue weighted by Gasteiger charge is -2.25.